The van der Waals surface area contributed by atoms with E-state index in [9.17, 15) is 4.79 Å². The van der Waals surface area contributed by atoms with Crippen LogP contribution in [0.15, 0.2) is 34.9 Å². The van der Waals surface area contributed by atoms with Crippen molar-refractivity contribution in [2.24, 2.45) is 0 Å². The molecule has 0 saturated carbocycles. The van der Waals surface area contributed by atoms with E-state index in [1.807, 2.05) is 31.2 Å². The number of amides is 1. The molecule has 2 aromatic rings. The fraction of sp³-hybridized carbons (Fsp3) is 0.444. The van der Waals surface area contributed by atoms with Crippen molar-refractivity contribution in [1.29, 1.82) is 0 Å². The van der Waals surface area contributed by atoms with Crippen molar-refractivity contribution in [3.8, 4) is 0 Å². The molecule has 1 heterocycles. The second-order valence-corrected chi connectivity index (χ2v) is 6.80. The minimum absolute atomic E-state index is 0.00794. The largest absolute Gasteiger partial charge is 0.443 e. The zero-order chi connectivity index (χ0) is 17.2. The molecule has 0 aliphatic carbocycles. The van der Waals surface area contributed by atoms with E-state index >= 15 is 0 Å². The summed E-state index contributed by atoms with van der Waals surface area (Å²) in [4.78, 5) is 17.3. The quantitative estimate of drug-likeness (QED) is 0.921. The van der Waals surface area contributed by atoms with Crippen LogP contribution in [-0.2, 0) is 10.2 Å². The minimum Gasteiger partial charge on any atom is -0.443 e. The second kappa shape index (κ2) is 6.44. The molecule has 5 heteroatoms. The number of nitrogens with one attached hydrogen (secondary N) is 1. The van der Waals surface area contributed by atoms with Crippen molar-refractivity contribution in [3.63, 3.8) is 0 Å². The number of oxazole rings is 1. The molecular formula is C18H25N3O2. The average molecular weight is 315 g/mol. The molecule has 1 aromatic carbocycles. The van der Waals surface area contributed by atoms with Gasteiger partial charge < -0.3 is 14.6 Å². The zero-order valence-corrected chi connectivity index (χ0v) is 14.7. The molecule has 1 aromatic heterocycles. The normalized spacial score (nSPS) is 12.8. The van der Waals surface area contributed by atoms with E-state index < -0.39 is 0 Å². The molecule has 0 bridgehead atoms. The van der Waals surface area contributed by atoms with Gasteiger partial charge in [-0.1, -0.05) is 20.8 Å². The van der Waals surface area contributed by atoms with Crippen LogP contribution in [0.25, 0.3) is 0 Å². The van der Waals surface area contributed by atoms with E-state index in [4.69, 9.17) is 4.42 Å². The number of nitrogens with zero attached hydrogens (tertiary/aromatic N) is 2. The van der Waals surface area contributed by atoms with Gasteiger partial charge in [0.05, 0.1) is 6.20 Å². The molecule has 0 saturated heterocycles. The van der Waals surface area contributed by atoms with Crippen molar-refractivity contribution in [3.05, 3.63) is 42.1 Å². The first kappa shape index (κ1) is 17.1. The Labute approximate surface area is 137 Å². The Morgan fingerprint density at radius 3 is 2.35 bits per heavy atom. The Balaban J connectivity index is 2.07. The third-order valence-corrected chi connectivity index (χ3v) is 3.74. The van der Waals surface area contributed by atoms with Crippen LogP contribution in [0.1, 0.15) is 52.3 Å². The Morgan fingerprint density at radius 2 is 1.87 bits per heavy atom. The van der Waals surface area contributed by atoms with Gasteiger partial charge in [-0.3, -0.25) is 4.79 Å². The molecule has 5 nitrogen and oxygen atoms in total. The third-order valence-electron chi connectivity index (χ3n) is 3.74. The van der Waals surface area contributed by atoms with Gasteiger partial charge in [0.2, 0.25) is 11.8 Å². The van der Waals surface area contributed by atoms with Crippen LogP contribution in [-0.4, -0.2) is 17.9 Å². The lowest BCUT2D eigenvalue weighted by atomic mass is 9.94. The molecule has 124 valence electrons. The summed E-state index contributed by atoms with van der Waals surface area (Å²) in [6.45, 7) is 9.84. The van der Waals surface area contributed by atoms with Crippen LogP contribution in [0.5, 0.6) is 0 Å². The first-order chi connectivity index (χ1) is 10.7. The van der Waals surface area contributed by atoms with Crippen LogP contribution in [0.2, 0.25) is 0 Å². The Hall–Kier alpha value is -2.30. The van der Waals surface area contributed by atoms with E-state index in [2.05, 4.69) is 31.1 Å². The molecule has 0 fully saturated rings. The fourth-order valence-electron chi connectivity index (χ4n) is 2.11. The highest BCUT2D eigenvalue weighted by atomic mass is 16.4. The summed E-state index contributed by atoms with van der Waals surface area (Å²) in [7, 11) is 1.76. The van der Waals surface area contributed by atoms with Crippen molar-refractivity contribution in [2.75, 3.05) is 17.3 Å². The number of carbonyl (C=O) groups excluding carboxylic acids is 1. The maximum atomic E-state index is 11.4. The number of hydrogen-bond acceptors (Lipinski definition) is 4. The van der Waals surface area contributed by atoms with Crippen molar-refractivity contribution >= 4 is 17.3 Å². The first-order valence-corrected chi connectivity index (χ1v) is 7.75. The molecule has 0 aliphatic heterocycles. The number of anilines is 2. The maximum Gasteiger partial charge on any atom is 0.223 e. The lowest BCUT2D eigenvalue weighted by Crippen LogP contribution is -2.22. The number of rotatable bonds is 4. The molecule has 1 amide bonds. The van der Waals surface area contributed by atoms with E-state index in [1.54, 1.807) is 25.1 Å². The molecule has 0 aliphatic rings. The van der Waals surface area contributed by atoms with Gasteiger partial charge in [-0.2, -0.15) is 0 Å². The van der Waals surface area contributed by atoms with Crippen molar-refractivity contribution in [1.82, 2.24) is 4.98 Å². The smallest absolute Gasteiger partial charge is 0.223 e. The topological polar surface area (TPSA) is 58.4 Å². The van der Waals surface area contributed by atoms with Gasteiger partial charge in [0.1, 0.15) is 11.8 Å². The van der Waals surface area contributed by atoms with Gasteiger partial charge in [-0.05, 0) is 31.2 Å². The molecular weight excluding hydrogens is 290 g/mol. The molecule has 0 spiro atoms. The summed E-state index contributed by atoms with van der Waals surface area (Å²) < 4.78 is 5.85. The van der Waals surface area contributed by atoms with Gasteiger partial charge in [0.25, 0.3) is 0 Å². The van der Waals surface area contributed by atoms with Gasteiger partial charge in [-0.15, -0.1) is 0 Å². The molecule has 23 heavy (non-hydrogen) atoms. The van der Waals surface area contributed by atoms with Crippen LogP contribution >= 0.6 is 0 Å². The second-order valence-electron chi connectivity index (χ2n) is 6.80. The van der Waals surface area contributed by atoms with Crippen LogP contribution in [0.4, 0.5) is 11.4 Å². The highest BCUT2D eigenvalue weighted by molar-refractivity contribution is 5.91. The van der Waals surface area contributed by atoms with Crippen LogP contribution in [0, 0.1) is 0 Å². The lowest BCUT2D eigenvalue weighted by molar-refractivity contribution is -0.116. The summed E-state index contributed by atoms with van der Waals surface area (Å²) in [5.74, 6) is 1.55. The van der Waals surface area contributed by atoms with Crippen LogP contribution < -0.4 is 10.2 Å². The summed E-state index contributed by atoms with van der Waals surface area (Å²) in [5.41, 5.74) is 1.76. The highest BCUT2D eigenvalue weighted by Gasteiger charge is 2.21. The Bertz CT molecular complexity index is 668. The summed E-state index contributed by atoms with van der Waals surface area (Å²) >= 11 is 0. The monoisotopic (exact) mass is 315 g/mol. The summed E-state index contributed by atoms with van der Waals surface area (Å²) in [6, 6.07) is 7.67. The lowest BCUT2D eigenvalue weighted by Gasteiger charge is -2.17. The van der Waals surface area contributed by atoms with E-state index in [0.717, 1.165) is 17.1 Å². The van der Waals surface area contributed by atoms with E-state index in [0.29, 0.717) is 5.89 Å². The van der Waals surface area contributed by atoms with Crippen LogP contribution in [0.3, 0.4) is 0 Å². The number of carbonyl (C=O) groups is 1. The number of benzene rings is 1. The van der Waals surface area contributed by atoms with Gasteiger partial charge in [0, 0.05) is 30.8 Å². The summed E-state index contributed by atoms with van der Waals surface area (Å²) in [5, 5.41) is 3.36. The average Bonchev–Trinajstić information content (AvgIpc) is 2.97. The maximum absolute atomic E-state index is 11.4. The first-order valence-electron chi connectivity index (χ1n) is 7.75. The zero-order valence-electron chi connectivity index (χ0n) is 14.7. The molecule has 0 radical (unpaired) electrons. The molecule has 0 unspecified atom stereocenters. The van der Waals surface area contributed by atoms with Crippen molar-refractivity contribution in [2.45, 2.75) is 46.1 Å². The standard InChI is InChI=1S/C18H25N3O2/c1-12(17-19-11-16(23-17)18(3,4)5)20-14-7-9-15(10-8-14)21(6)13(2)22/h7-12,20H,1-6H3/t12-/m1/s1. The molecule has 1 N–H and O–H groups in total. The number of aromatic nitrogens is 1. The van der Waals surface area contributed by atoms with E-state index in [1.165, 1.54) is 0 Å². The Kier molecular flexibility index (Phi) is 4.78. The molecule has 2 rings (SSSR count). The fourth-order valence-corrected chi connectivity index (χ4v) is 2.11. The molecule has 1 atom stereocenters. The predicted octanol–water partition coefficient (Wildman–Crippen LogP) is 4.13. The Morgan fingerprint density at radius 1 is 1.26 bits per heavy atom. The highest BCUT2D eigenvalue weighted by Crippen LogP contribution is 2.27. The van der Waals surface area contributed by atoms with Gasteiger partial charge in [0.15, 0.2) is 0 Å². The number of hydrogen-bond donors (Lipinski definition) is 1. The summed E-state index contributed by atoms with van der Waals surface area (Å²) in [6.07, 6.45) is 1.79. The van der Waals surface area contributed by atoms with E-state index in [-0.39, 0.29) is 17.4 Å². The SMILES string of the molecule is CC(=O)N(C)c1ccc(N[C@H](C)c2ncc(C(C)(C)C)o2)cc1. The third kappa shape index (κ3) is 4.12. The van der Waals surface area contributed by atoms with Gasteiger partial charge >= 0.3 is 0 Å². The minimum atomic E-state index is -0.0517. The predicted molar refractivity (Wildman–Crippen MR) is 92.8 cm³/mol. The van der Waals surface area contributed by atoms with Gasteiger partial charge in [-0.25, -0.2) is 4.98 Å². The van der Waals surface area contributed by atoms with Crippen molar-refractivity contribution < 1.29 is 9.21 Å².